The van der Waals surface area contributed by atoms with Crippen molar-refractivity contribution in [2.45, 2.75) is 0 Å². The van der Waals surface area contributed by atoms with E-state index in [2.05, 4.69) is 37.8 Å². The number of carbonyl (C=O) groups is 1. The lowest BCUT2D eigenvalue weighted by atomic mass is 10.1. The topological polar surface area (TPSA) is 65.8 Å². The first kappa shape index (κ1) is 13.9. The molecule has 0 radical (unpaired) electrons. The molecule has 2 aromatic rings. The van der Waals surface area contributed by atoms with Crippen LogP contribution in [0.2, 0.25) is 0 Å². The van der Waals surface area contributed by atoms with Crippen molar-refractivity contribution in [3.05, 3.63) is 74.6 Å². The minimum atomic E-state index is -0.391. The van der Waals surface area contributed by atoms with Crippen molar-refractivity contribution >= 4 is 27.4 Å². The third kappa shape index (κ3) is 3.48. The zero-order valence-corrected chi connectivity index (χ0v) is 11.8. The van der Waals surface area contributed by atoms with E-state index in [0.29, 0.717) is 0 Å². The van der Waals surface area contributed by atoms with E-state index in [1.165, 1.54) is 0 Å². The lowest BCUT2D eigenvalue weighted by Gasteiger charge is -2.00. The molecular weight excluding hydrogens is 318 g/mol. The molecule has 2 rings (SSSR count). The maximum Gasteiger partial charge on any atom is 0.236 e. The van der Waals surface area contributed by atoms with Crippen molar-refractivity contribution in [1.82, 2.24) is 0 Å². The quantitative estimate of drug-likeness (QED) is 0.261. The highest BCUT2D eigenvalue weighted by Gasteiger charge is 2.08. The molecule has 20 heavy (non-hydrogen) atoms. The van der Waals surface area contributed by atoms with Gasteiger partial charge >= 0.3 is 0 Å². The Morgan fingerprint density at radius 1 is 1.20 bits per heavy atom. The second-order valence-corrected chi connectivity index (χ2v) is 4.71. The Morgan fingerprint density at radius 3 is 2.65 bits per heavy atom. The molecule has 2 aromatic carbocycles. The van der Waals surface area contributed by atoms with Gasteiger partial charge in [-0.05, 0) is 35.7 Å². The Morgan fingerprint density at radius 2 is 1.95 bits per heavy atom. The van der Waals surface area contributed by atoms with Gasteiger partial charge in [0.15, 0.2) is 0 Å². The zero-order chi connectivity index (χ0) is 14.4. The Labute approximate surface area is 124 Å². The molecule has 0 spiro atoms. The lowest BCUT2D eigenvalue weighted by molar-refractivity contribution is 0.105. The molecule has 0 saturated heterocycles. The van der Waals surface area contributed by atoms with Crippen molar-refractivity contribution in [3.63, 3.8) is 0 Å². The number of hydrogen-bond acceptors (Lipinski definition) is 2. The number of halogens is 1. The molecule has 0 N–H and O–H groups in total. The third-order valence-corrected chi connectivity index (χ3v) is 2.94. The van der Waals surface area contributed by atoms with Crippen LogP contribution in [0.15, 0.2) is 58.1 Å². The first-order valence-corrected chi connectivity index (χ1v) is 6.46. The van der Waals surface area contributed by atoms with E-state index in [-0.39, 0.29) is 11.3 Å². The molecule has 0 aromatic heterocycles. The number of azide groups is 1. The maximum atomic E-state index is 12.1. The molecule has 5 heteroatoms. The largest absolute Gasteiger partial charge is 0.279 e. The summed E-state index contributed by atoms with van der Waals surface area (Å²) in [5.41, 5.74) is 9.80. The highest BCUT2D eigenvalue weighted by Crippen LogP contribution is 2.24. The average molecular weight is 326 g/mol. The summed E-state index contributed by atoms with van der Waals surface area (Å²) < 4.78 is 0.722. The van der Waals surface area contributed by atoms with E-state index in [1.54, 1.807) is 18.2 Å². The number of nitrogens with zero attached hydrogens (tertiary/aromatic N) is 3. The van der Waals surface area contributed by atoms with Gasteiger partial charge in [0.25, 0.3) is 0 Å². The van der Waals surface area contributed by atoms with Gasteiger partial charge in [0.05, 0.1) is 0 Å². The summed E-state index contributed by atoms with van der Waals surface area (Å²) in [4.78, 5) is 14.8. The van der Waals surface area contributed by atoms with Gasteiger partial charge in [-0.1, -0.05) is 51.2 Å². The molecule has 0 fully saturated rings. The standard InChI is InChI=1S/C15H8BrN3O/c16-12-7-8-14(18-19-17)13(10-12)15(20)9-6-11-4-2-1-3-5-11/h1-5,7-8,10H. The molecule has 0 saturated carbocycles. The van der Waals surface area contributed by atoms with Gasteiger partial charge in [-0.3, -0.25) is 4.79 Å². The SMILES string of the molecule is [N-]=[N+]=Nc1ccc(Br)cc1C(=O)C#Cc1ccccc1. The summed E-state index contributed by atoms with van der Waals surface area (Å²) >= 11 is 3.28. The minimum Gasteiger partial charge on any atom is -0.279 e. The summed E-state index contributed by atoms with van der Waals surface area (Å²) in [6.45, 7) is 0. The minimum absolute atomic E-state index is 0.267. The fourth-order valence-corrected chi connectivity index (χ4v) is 1.90. The van der Waals surface area contributed by atoms with Crippen LogP contribution in [0.5, 0.6) is 0 Å². The van der Waals surface area contributed by atoms with Gasteiger partial charge in [-0.15, -0.1) is 0 Å². The van der Waals surface area contributed by atoms with Crippen molar-refractivity contribution < 1.29 is 4.79 Å². The average Bonchev–Trinajstić information content (AvgIpc) is 2.48. The van der Waals surface area contributed by atoms with Gasteiger partial charge in [-0.2, -0.15) is 0 Å². The number of hydrogen-bond donors (Lipinski definition) is 0. The third-order valence-electron chi connectivity index (χ3n) is 2.45. The van der Waals surface area contributed by atoms with E-state index in [0.717, 1.165) is 10.0 Å². The Kier molecular flexibility index (Phi) is 4.56. The predicted molar refractivity (Wildman–Crippen MR) is 80.6 cm³/mol. The highest BCUT2D eigenvalue weighted by molar-refractivity contribution is 9.10. The fraction of sp³-hybridized carbons (Fsp3) is 0. The predicted octanol–water partition coefficient (Wildman–Crippen LogP) is 4.63. The molecule has 0 atom stereocenters. The van der Waals surface area contributed by atoms with Crippen LogP contribution >= 0.6 is 15.9 Å². The van der Waals surface area contributed by atoms with Crippen LogP contribution in [-0.4, -0.2) is 5.78 Å². The Bertz CT molecular complexity index is 754. The van der Waals surface area contributed by atoms with Crippen LogP contribution in [-0.2, 0) is 0 Å². The Hall–Kier alpha value is -2.54. The van der Waals surface area contributed by atoms with Crippen molar-refractivity contribution in [2.75, 3.05) is 0 Å². The van der Waals surface area contributed by atoms with Gasteiger partial charge in [0.1, 0.15) is 0 Å². The monoisotopic (exact) mass is 325 g/mol. The van der Waals surface area contributed by atoms with E-state index >= 15 is 0 Å². The van der Waals surface area contributed by atoms with Crippen LogP contribution in [0.3, 0.4) is 0 Å². The first-order chi connectivity index (χ1) is 9.70. The molecule has 4 nitrogen and oxygen atoms in total. The van der Waals surface area contributed by atoms with E-state index in [1.807, 2.05) is 30.3 Å². The number of benzene rings is 2. The maximum absolute atomic E-state index is 12.1. The molecule has 0 amide bonds. The second-order valence-electron chi connectivity index (χ2n) is 3.80. The summed E-state index contributed by atoms with van der Waals surface area (Å²) in [6.07, 6.45) is 0. The molecule has 96 valence electrons. The Balaban J connectivity index is 2.37. The summed E-state index contributed by atoms with van der Waals surface area (Å²) in [5, 5.41) is 3.49. The number of ketones is 1. The van der Waals surface area contributed by atoms with E-state index in [4.69, 9.17) is 5.53 Å². The van der Waals surface area contributed by atoms with Gasteiger partial charge in [0.2, 0.25) is 5.78 Å². The van der Waals surface area contributed by atoms with Crippen LogP contribution in [0.25, 0.3) is 10.4 Å². The van der Waals surface area contributed by atoms with E-state index in [9.17, 15) is 4.79 Å². The van der Waals surface area contributed by atoms with Gasteiger partial charge < -0.3 is 0 Å². The molecular formula is C15H8BrN3O. The second kappa shape index (κ2) is 6.58. The van der Waals surface area contributed by atoms with Crippen LogP contribution < -0.4 is 0 Å². The molecule has 0 aliphatic carbocycles. The van der Waals surface area contributed by atoms with Crippen molar-refractivity contribution in [2.24, 2.45) is 5.11 Å². The normalized spacial score (nSPS) is 9.05. The summed E-state index contributed by atoms with van der Waals surface area (Å²) in [6, 6.07) is 14.1. The summed E-state index contributed by atoms with van der Waals surface area (Å²) in [7, 11) is 0. The lowest BCUT2D eigenvalue weighted by Crippen LogP contribution is -1.95. The molecule has 0 aliphatic heterocycles. The highest BCUT2D eigenvalue weighted by atomic mass is 79.9. The number of carbonyl (C=O) groups excluding carboxylic acids is 1. The van der Waals surface area contributed by atoms with E-state index < -0.39 is 5.78 Å². The van der Waals surface area contributed by atoms with Crippen LogP contribution in [0.4, 0.5) is 5.69 Å². The van der Waals surface area contributed by atoms with Crippen molar-refractivity contribution in [3.8, 4) is 11.8 Å². The first-order valence-electron chi connectivity index (χ1n) is 5.67. The van der Waals surface area contributed by atoms with Gasteiger partial charge in [-0.25, -0.2) is 0 Å². The fourth-order valence-electron chi connectivity index (χ4n) is 1.54. The number of rotatable bonds is 2. The zero-order valence-electron chi connectivity index (χ0n) is 10.2. The van der Waals surface area contributed by atoms with Crippen LogP contribution in [0, 0.1) is 11.8 Å². The number of Topliss-reactive ketones (excluding diaryl/α,β-unsaturated/α-hetero) is 1. The molecule has 0 heterocycles. The molecule has 0 unspecified atom stereocenters. The van der Waals surface area contributed by atoms with Crippen molar-refractivity contribution in [1.29, 1.82) is 0 Å². The smallest absolute Gasteiger partial charge is 0.236 e. The van der Waals surface area contributed by atoms with Gasteiger partial charge in [0, 0.05) is 26.2 Å². The van der Waals surface area contributed by atoms with Crippen LogP contribution in [0.1, 0.15) is 15.9 Å². The summed E-state index contributed by atoms with van der Waals surface area (Å²) in [5.74, 6) is 4.94. The molecule has 0 aliphatic rings. The molecule has 0 bridgehead atoms.